The summed E-state index contributed by atoms with van der Waals surface area (Å²) in [6.07, 6.45) is 3.62. The third-order valence-electron chi connectivity index (χ3n) is 3.73. The lowest BCUT2D eigenvalue weighted by Crippen LogP contribution is -2.35. The molecule has 3 nitrogen and oxygen atoms in total. The molecule has 0 fully saturated rings. The van der Waals surface area contributed by atoms with Crippen LogP contribution in [-0.2, 0) is 11.2 Å². The van der Waals surface area contributed by atoms with Crippen LogP contribution in [0.25, 0.3) is 0 Å². The molecule has 2 rings (SSSR count). The number of hydrogen-bond donors (Lipinski definition) is 1. The fraction of sp³-hybridized carbons (Fsp3) is 0.625. The highest BCUT2D eigenvalue weighted by Crippen LogP contribution is 2.32. The van der Waals surface area contributed by atoms with Gasteiger partial charge >= 0.3 is 0 Å². The summed E-state index contributed by atoms with van der Waals surface area (Å²) < 4.78 is 10.8. The Morgan fingerprint density at radius 1 is 1.42 bits per heavy atom. The molecule has 1 aliphatic carbocycles. The molecule has 19 heavy (non-hydrogen) atoms. The van der Waals surface area contributed by atoms with Crippen LogP contribution in [0.2, 0.25) is 0 Å². The maximum absolute atomic E-state index is 5.48. The van der Waals surface area contributed by atoms with Crippen molar-refractivity contribution < 1.29 is 9.47 Å². The predicted molar refractivity (Wildman–Crippen MR) is 77.8 cm³/mol. The van der Waals surface area contributed by atoms with E-state index in [1.165, 1.54) is 30.4 Å². The van der Waals surface area contributed by atoms with Gasteiger partial charge in [-0.05, 0) is 56.4 Å². The smallest absolute Gasteiger partial charge is 0.119 e. The highest BCUT2D eigenvalue weighted by Gasteiger charge is 2.22. The lowest BCUT2D eigenvalue weighted by Gasteiger charge is -2.29. The van der Waals surface area contributed by atoms with Crippen molar-refractivity contribution in [3.8, 4) is 5.75 Å². The highest BCUT2D eigenvalue weighted by molar-refractivity contribution is 5.39. The van der Waals surface area contributed by atoms with E-state index in [-0.39, 0.29) is 0 Å². The van der Waals surface area contributed by atoms with Crippen LogP contribution in [0.4, 0.5) is 0 Å². The molecule has 0 radical (unpaired) electrons. The first-order chi connectivity index (χ1) is 9.24. The molecule has 2 unspecified atom stereocenters. The Morgan fingerprint density at radius 3 is 3.00 bits per heavy atom. The van der Waals surface area contributed by atoms with Gasteiger partial charge in [0, 0.05) is 18.7 Å². The number of fused-ring (bicyclic) bond motifs is 1. The fourth-order valence-corrected chi connectivity index (χ4v) is 2.76. The average Bonchev–Trinajstić information content (AvgIpc) is 2.45. The molecular weight excluding hydrogens is 238 g/mol. The van der Waals surface area contributed by atoms with Crippen molar-refractivity contribution in [2.45, 2.75) is 45.2 Å². The van der Waals surface area contributed by atoms with Crippen LogP contribution in [-0.4, -0.2) is 26.4 Å². The standard InChI is InChI=1S/C16H25NO2/c1-4-19-11-12(2)17-16-7-5-6-13-8-9-14(18-3)10-15(13)16/h8-10,12,16-17H,4-7,11H2,1-3H3. The molecule has 1 aromatic carbocycles. The quantitative estimate of drug-likeness (QED) is 0.855. The predicted octanol–water partition coefficient (Wildman–Crippen LogP) is 3.09. The first-order valence-electron chi connectivity index (χ1n) is 7.25. The van der Waals surface area contributed by atoms with Gasteiger partial charge in [0.15, 0.2) is 0 Å². The molecule has 106 valence electrons. The van der Waals surface area contributed by atoms with Gasteiger partial charge in [-0.2, -0.15) is 0 Å². The highest BCUT2D eigenvalue weighted by atomic mass is 16.5. The number of rotatable bonds is 6. The summed E-state index contributed by atoms with van der Waals surface area (Å²) in [5.74, 6) is 0.949. The third-order valence-corrected chi connectivity index (χ3v) is 3.73. The van der Waals surface area contributed by atoms with E-state index in [1.54, 1.807) is 7.11 Å². The van der Waals surface area contributed by atoms with Gasteiger partial charge in [-0.25, -0.2) is 0 Å². The molecule has 3 heteroatoms. The summed E-state index contributed by atoms with van der Waals surface area (Å²) in [5.41, 5.74) is 2.85. The van der Waals surface area contributed by atoms with Gasteiger partial charge < -0.3 is 14.8 Å². The van der Waals surface area contributed by atoms with Crippen LogP contribution in [0.15, 0.2) is 18.2 Å². The Balaban J connectivity index is 2.07. The second-order valence-corrected chi connectivity index (χ2v) is 5.24. The van der Waals surface area contributed by atoms with Crippen LogP contribution in [0, 0.1) is 0 Å². The second-order valence-electron chi connectivity index (χ2n) is 5.24. The zero-order valence-corrected chi connectivity index (χ0v) is 12.2. The summed E-state index contributed by atoms with van der Waals surface area (Å²) in [7, 11) is 1.73. The van der Waals surface area contributed by atoms with Crippen LogP contribution < -0.4 is 10.1 Å². The molecule has 0 aromatic heterocycles. The summed E-state index contributed by atoms with van der Waals surface area (Å²) in [6, 6.07) is 7.25. The number of ether oxygens (including phenoxy) is 2. The Labute approximate surface area is 116 Å². The number of hydrogen-bond acceptors (Lipinski definition) is 3. The molecule has 0 saturated heterocycles. The number of nitrogens with one attached hydrogen (secondary N) is 1. The van der Waals surface area contributed by atoms with Crippen LogP contribution in [0.1, 0.15) is 43.9 Å². The van der Waals surface area contributed by atoms with Crippen molar-refractivity contribution in [3.63, 3.8) is 0 Å². The summed E-state index contributed by atoms with van der Waals surface area (Å²) in [6.45, 7) is 5.77. The Hall–Kier alpha value is -1.06. The van der Waals surface area contributed by atoms with E-state index in [4.69, 9.17) is 9.47 Å². The Morgan fingerprint density at radius 2 is 2.26 bits per heavy atom. The first kappa shape index (κ1) is 14.4. The molecule has 1 aliphatic rings. The van der Waals surface area contributed by atoms with Crippen LogP contribution in [0.5, 0.6) is 5.75 Å². The minimum Gasteiger partial charge on any atom is -0.497 e. The summed E-state index contributed by atoms with van der Waals surface area (Å²) in [4.78, 5) is 0. The van der Waals surface area contributed by atoms with Gasteiger partial charge in [-0.1, -0.05) is 6.07 Å². The normalized spacial score (nSPS) is 19.8. The van der Waals surface area contributed by atoms with Gasteiger partial charge in [-0.3, -0.25) is 0 Å². The Kier molecular flexibility index (Phi) is 5.23. The van der Waals surface area contributed by atoms with Crippen LogP contribution in [0.3, 0.4) is 0 Å². The van der Waals surface area contributed by atoms with Crippen molar-refractivity contribution in [1.29, 1.82) is 0 Å². The lowest BCUT2D eigenvalue weighted by molar-refractivity contribution is 0.122. The van der Waals surface area contributed by atoms with E-state index < -0.39 is 0 Å². The van der Waals surface area contributed by atoms with Crippen molar-refractivity contribution >= 4 is 0 Å². The topological polar surface area (TPSA) is 30.5 Å². The molecule has 1 N–H and O–H groups in total. The van der Waals surface area contributed by atoms with E-state index in [0.717, 1.165) is 19.0 Å². The van der Waals surface area contributed by atoms with Gasteiger partial charge in [0.25, 0.3) is 0 Å². The lowest BCUT2D eigenvalue weighted by atomic mass is 9.87. The zero-order valence-electron chi connectivity index (χ0n) is 12.2. The third kappa shape index (κ3) is 3.71. The fourth-order valence-electron chi connectivity index (χ4n) is 2.76. The zero-order chi connectivity index (χ0) is 13.7. The van der Waals surface area contributed by atoms with E-state index in [1.807, 2.05) is 6.92 Å². The SMILES string of the molecule is CCOCC(C)NC1CCCc2ccc(OC)cc21. The molecule has 1 aromatic rings. The minimum atomic E-state index is 0.377. The van der Waals surface area contributed by atoms with E-state index in [9.17, 15) is 0 Å². The molecule has 0 saturated carbocycles. The van der Waals surface area contributed by atoms with Gasteiger partial charge in [0.05, 0.1) is 13.7 Å². The van der Waals surface area contributed by atoms with Crippen molar-refractivity contribution in [2.24, 2.45) is 0 Å². The summed E-state index contributed by atoms with van der Waals surface area (Å²) >= 11 is 0. The molecule has 0 heterocycles. The molecule has 0 amide bonds. The second kappa shape index (κ2) is 6.92. The Bertz CT molecular complexity index is 406. The average molecular weight is 263 g/mol. The summed E-state index contributed by atoms with van der Waals surface area (Å²) in [5, 5.41) is 3.68. The minimum absolute atomic E-state index is 0.377. The largest absolute Gasteiger partial charge is 0.497 e. The van der Waals surface area contributed by atoms with Crippen molar-refractivity contribution in [1.82, 2.24) is 5.32 Å². The van der Waals surface area contributed by atoms with Crippen molar-refractivity contribution in [3.05, 3.63) is 29.3 Å². The molecule has 2 atom stereocenters. The number of aryl methyl sites for hydroxylation is 1. The molecule has 0 spiro atoms. The monoisotopic (exact) mass is 263 g/mol. The number of methoxy groups -OCH3 is 1. The first-order valence-corrected chi connectivity index (χ1v) is 7.25. The maximum Gasteiger partial charge on any atom is 0.119 e. The van der Waals surface area contributed by atoms with E-state index in [0.29, 0.717) is 12.1 Å². The van der Waals surface area contributed by atoms with Gasteiger partial charge in [0.1, 0.15) is 5.75 Å². The van der Waals surface area contributed by atoms with Crippen molar-refractivity contribution in [2.75, 3.05) is 20.3 Å². The molecule has 0 bridgehead atoms. The maximum atomic E-state index is 5.48. The number of benzene rings is 1. The van der Waals surface area contributed by atoms with Gasteiger partial charge in [-0.15, -0.1) is 0 Å². The van der Waals surface area contributed by atoms with Crippen LogP contribution >= 0.6 is 0 Å². The van der Waals surface area contributed by atoms with Gasteiger partial charge in [0.2, 0.25) is 0 Å². The molecular formula is C16H25NO2. The van der Waals surface area contributed by atoms with E-state index in [2.05, 4.69) is 30.4 Å². The van der Waals surface area contributed by atoms with E-state index >= 15 is 0 Å². The molecule has 0 aliphatic heterocycles.